The Morgan fingerprint density at radius 2 is 2.00 bits per heavy atom. The molecule has 1 aliphatic rings. The summed E-state index contributed by atoms with van der Waals surface area (Å²) in [5, 5.41) is 12.5. The molecule has 0 bridgehead atoms. The van der Waals surface area contributed by atoms with Crippen LogP contribution in [0.1, 0.15) is 30.9 Å². The van der Waals surface area contributed by atoms with Gasteiger partial charge in [0.1, 0.15) is 0 Å². The molecule has 1 aromatic rings. The fourth-order valence-electron chi connectivity index (χ4n) is 2.26. The van der Waals surface area contributed by atoms with E-state index in [1.165, 1.54) is 5.69 Å². The largest absolute Gasteiger partial charge is 0.369 e. The van der Waals surface area contributed by atoms with E-state index in [4.69, 9.17) is 0 Å². The predicted octanol–water partition coefficient (Wildman–Crippen LogP) is 2.09. The van der Waals surface area contributed by atoms with Crippen LogP contribution in [-0.2, 0) is 0 Å². The zero-order valence-corrected chi connectivity index (χ0v) is 10.5. The van der Waals surface area contributed by atoms with Gasteiger partial charge in [-0.05, 0) is 23.6 Å². The molecule has 2 rings (SSSR count). The quantitative estimate of drug-likeness (QED) is 0.844. The lowest BCUT2D eigenvalue weighted by Gasteiger charge is -2.30. The van der Waals surface area contributed by atoms with Gasteiger partial charge in [0, 0.05) is 31.9 Å². The minimum absolute atomic E-state index is 0.404. The number of hydrogen-bond acceptors (Lipinski definition) is 3. The molecule has 3 heteroatoms. The van der Waals surface area contributed by atoms with E-state index in [-0.39, 0.29) is 0 Å². The van der Waals surface area contributed by atoms with Gasteiger partial charge in [-0.1, -0.05) is 19.9 Å². The van der Waals surface area contributed by atoms with Gasteiger partial charge < -0.3 is 10.2 Å². The Bertz CT molecular complexity index is 426. The Kier molecular flexibility index (Phi) is 3.65. The van der Waals surface area contributed by atoms with Gasteiger partial charge in [-0.2, -0.15) is 5.26 Å². The summed E-state index contributed by atoms with van der Waals surface area (Å²) in [7, 11) is 0. The summed E-state index contributed by atoms with van der Waals surface area (Å²) in [5.41, 5.74) is 3.13. The highest BCUT2D eigenvalue weighted by Crippen LogP contribution is 2.24. The molecule has 0 aliphatic carbocycles. The van der Waals surface area contributed by atoms with E-state index in [1.807, 2.05) is 6.07 Å². The van der Waals surface area contributed by atoms with E-state index in [0.717, 1.165) is 37.3 Å². The summed E-state index contributed by atoms with van der Waals surface area (Å²) in [4.78, 5) is 2.33. The fraction of sp³-hybridized carbons (Fsp3) is 0.500. The van der Waals surface area contributed by atoms with Crippen LogP contribution in [0.25, 0.3) is 0 Å². The average Bonchev–Trinajstić information content (AvgIpc) is 2.39. The van der Waals surface area contributed by atoms with Gasteiger partial charge >= 0.3 is 0 Å². The summed E-state index contributed by atoms with van der Waals surface area (Å²) in [5.74, 6) is 0.404. The topological polar surface area (TPSA) is 39.1 Å². The molecular formula is C14H19N3. The van der Waals surface area contributed by atoms with Gasteiger partial charge in [0.25, 0.3) is 0 Å². The molecule has 1 fully saturated rings. The zero-order chi connectivity index (χ0) is 12.3. The second-order valence-electron chi connectivity index (χ2n) is 4.78. The fourth-order valence-corrected chi connectivity index (χ4v) is 2.26. The first-order chi connectivity index (χ1) is 8.22. The van der Waals surface area contributed by atoms with Crippen molar-refractivity contribution >= 4 is 5.69 Å². The summed E-state index contributed by atoms with van der Waals surface area (Å²) in [6, 6.07) is 8.58. The van der Waals surface area contributed by atoms with Crippen LogP contribution in [0, 0.1) is 11.3 Å². The van der Waals surface area contributed by atoms with E-state index >= 15 is 0 Å². The molecule has 0 aromatic heterocycles. The Morgan fingerprint density at radius 3 is 2.59 bits per heavy atom. The van der Waals surface area contributed by atoms with Crippen molar-refractivity contribution in [1.29, 1.82) is 5.26 Å². The second-order valence-corrected chi connectivity index (χ2v) is 4.78. The monoisotopic (exact) mass is 229 g/mol. The predicted molar refractivity (Wildman–Crippen MR) is 70.3 cm³/mol. The second kappa shape index (κ2) is 5.20. The molecule has 0 spiro atoms. The summed E-state index contributed by atoms with van der Waals surface area (Å²) in [6.07, 6.45) is 0. The van der Waals surface area contributed by atoms with Crippen molar-refractivity contribution in [2.24, 2.45) is 0 Å². The maximum atomic E-state index is 9.21. The Labute approximate surface area is 103 Å². The molecule has 1 N–H and O–H groups in total. The van der Waals surface area contributed by atoms with Gasteiger partial charge in [-0.25, -0.2) is 0 Å². The lowest BCUT2D eigenvalue weighted by molar-refractivity contribution is 0.589. The van der Waals surface area contributed by atoms with Gasteiger partial charge in [-0.15, -0.1) is 0 Å². The summed E-state index contributed by atoms with van der Waals surface area (Å²) >= 11 is 0. The van der Waals surface area contributed by atoms with Crippen LogP contribution in [0.3, 0.4) is 0 Å². The van der Waals surface area contributed by atoms with Crippen LogP contribution < -0.4 is 10.2 Å². The minimum atomic E-state index is 0.404. The number of piperazine rings is 1. The molecular weight excluding hydrogens is 210 g/mol. The number of anilines is 1. The van der Waals surface area contributed by atoms with Crippen molar-refractivity contribution in [2.75, 3.05) is 31.1 Å². The Morgan fingerprint density at radius 1 is 1.29 bits per heavy atom. The lowest BCUT2D eigenvalue weighted by Crippen LogP contribution is -2.43. The highest BCUT2D eigenvalue weighted by atomic mass is 15.2. The third-order valence-corrected chi connectivity index (χ3v) is 3.26. The van der Waals surface area contributed by atoms with Crippen LogP contribution in [0.15, 0.2) is 18.2 Å². The molecule has 1 heterocycles. The van der Waals surface area contributed by atoms with Crippen LogP contribution in [-0.4, -0.2) is 26.2 Å². The van der Waals surface area contributed by atoms with E-state index in [2.05, 4.69) is 42.3 Å². The van der Waals surface area contributed by atoms with E-state index in [1.54, 1.807) is 0 Å². The van der Waals surface area contributed by atoms with Gasteiger partial charge in [0.05, 0.1) is 11.6 Å². The SMILES string of the molecule is CC(C)c1ccc(N2CCNCC2)cc1C#N. The summed E-state index contributed by atoms with van der Waals surface area (Å²) in [6.45, 7) is 8.33. The number of nitrogens with zero attached hydrogens (tertiary/aromatic N) is 2. The van der Waals surface area contributed by atoms with E-state index in [9.17, 15) is 5.26 Å². The van der Waals surface area contributed by atoms with Crippen LogP contribution in [0.5, 0.6) is 0 Å². The third kappa shape index (κ3) is 2.59. The number of rotatable bonds is 2. The van der Waals surface area contributed by atoms with Crippen molar-refractivity contribution in [1.82, 2.24) is 5.32 Å². The maximum absolute atomic E-state index is 9.21. The smallest absolute Gasteiger partial charge is 0.0995 e. The van der Waals surface area contributed by atoms with Crippen molar-refractivity contribution in [3.63, 3.8) is 0 Å². The molecule has 3 nitrogen and oxygen atoms in total. The van der Waals surface area contributed by atoms with Gasteiger partial charge in [0.2, 0.25) is 0 Å². The average molecular weight is 229 g/mol. The van der Waals surface area contributed by atoms with Crippen molar-refractivity contribution < 1.29 is 0 Å². The molecule has 0 atom stereocenters. The minimum Gasteiger partial charge on any atom is -0.369 e. The van der Waals surface area contributed by atoms with Crippen molar-refractivity contribution in [3.05, 3.63) is 29.3 Å². The molecule has 0 unspecified atom stereocenters. The number of hydrogen-bond donors (Lipinski definition) is 1. The molecule has 17 heavy (non-hydrogen) atoms. The van der Waals surface area contributed by atoms with Gasteiger partial charge in [-0.3, -0.25) is 0 Å². The first-order valence-electron chi connectivity index (χ1n) is 6.22. The highest BCUT2D eigenvalue weighted by Gasteiger charge is 2.13. The molecule has 0 saturated carbocycles. The first kappa shape index (κ1) is 11.9. The normalized spacial score (nSPS) is 16.0. The lowest BCUT2D eigenvalue weighted by atomic mass is 9.97. The number of nitriles is 1. The Balaban J connectivity index is 2.28. The van der Waals surface area contributed by atoms with E-state index < -0.39 is 0 Å². The standard InChI is InChI=1S/C14H19N3/c1-11(2)14-4-3-13(9-12(14)10-15)17-7-5-16-6-8-17/h3-4,9,11,16H,5-8H2,1-2H3. The number of nitrogens with one attached hydrogen (secondary N) is 1. The van der Waals surface area contributed by atoms with Crippen LogP contribution in [0.2, 0.25) is 0 Å². The third-order valence-electron chi connectivity index (χ3n) is 3.26. The molecule has 1 aromatic carbocycles. The molecule has 1 saturated heterocycles. The Hall–Kier alpha value is -1.53. The van der Waals surface area contributed by atoms with Gasteiger partial charge in [0.15, 0.2) is 0 Å². The maximum Gasteiger partial charge on any atom is 0.0995 e. The van der Waals surface area contributed by atoms with Crippen molar-refractivity contribution in [3.8, 4) is 6.07 Å². The van der Waals surface area contributed by atoms with Crippen LogP contribution in [0.4, 0.5) is 5.69 Å². The molecule has 90 valence electrons. The first-order valence-corrected chi connectivity index (χ1v) is 6.22. The number of benzene rings is 1. The zero-order valence-electron chi connectivity index (χ0n) is 10.5. The van der Waals surface area contributed by atoms with E-state index in [0.29, 0.717) is 5.92 Å². The van der Waals surface area contributed by atoms with Crippen molar-refractivity contribution in [2.45, 2.75) is 19.8 Å². The van der Waals surface area contributed by atoms with Crippen LogP contribution >= 0.6 is 0 Å². The summed E-state index contributed by atoms with van der Waals surface area (Å²) < 4.78 is 0. The highest BCUT2D eigenvalue weighted by molar-refractivity contribution is 5.55. The molecule has 0 radical (unpaired) electrons. The molecule has 0 amide bonds. The molecule has 1 aliphatic heterocycles.